The first-order chi connectivity index (χ1) is 8.79. The van der Waals surface area contributed by atoms with Crippen molar-refractivity contribution in [3.05, 3.63) is 39.4 Å². The van der Waals surface area contributed by atoms with E-state index in [0.29, 0.717) is 5.56 Å². The summed E-state index contributed by atoms with van der Waals surface area (Å²) >= 11 is 0. The third kappa shape index (κ3) is 2.65. The molecule has 1 heterocycles. The van der Waals surface area contributed by atoms with Crippen LogP contribution in [-0.4, -0.2) is 17.1 Å². The maximum absolute atomic E-state index is 12.1. The molecule has 1 N–H and O–H groups in total. The molecule has 9 heteroatoms. The minimum atomic E-state index is -5.08. The molecule has 0 spiro atoms. The van der Waals surface area contributed by atoms with E-state index in [9.17, 15) is 28.1 Å². The van der Waals surface area contributed by atoms with Crippen molar-refractivity contribution in [2.24, 2.45) is 0 Å². The number of halogens is 3. The molecule has 1 aromatic rings. The van der Waals surface area contributed by atoms with Gasteiger partial charge in [-0.05, 0) is 11.6 Å². The lowest BCUT2D eigenvalue weighted by Crippen LogP contribution is -2.30. The van der Waals surface area contributed by atoms with Crippen molar-refractivity contribution < 1.29 is 27.6 Å². The molecule has 0 saturated carbocycles. The number of non-ortho nitro benzene ring substituents is 1. The standard InChI is InChI=1S/C10H7F3N2O4/c11-10(12,13)9(16)19-8-7-2-1-6(15(17)18)3-5(7)4-14-8/h1-3,8,14H,4H2. The Morgan fingerprint density at radius 2 is 2.16 bits per heavy atom. The third-order valence-corrected chi connectivity index (χ3v) is 2.55. The molecule has 1 unspecified atom stereocenters. The van der Waals surface area contributed by atoms with Gasteiger partial charge in [0.15, 0.2) is 6.23 Å². The van der Waals surface area contributed by atoms with Gasteiger partial charge in [0.2, 0.25) is 0 Å². The molecule has 1 atom stereocenters. The SMILES string of the molecule is O=C(OC1NCc2cc([N+](=O)[O-])ccc21)C(F)(F)F. The summed E-state index contributed by atoms with van der Waals surface area (Å²) in [6.45, 7) is 0.0901. The van der Waals surface area contributed by atoms with Gasteiger partial charge in [0.1, 0.15) is 0 Å². The van der Waals surface area contributed by atoms with Crippen LogP contribution >= 0.6 is 0 Å². The quantitative estimate of drug-likeness (QED) is 0.506. The van der Waals surface area contributed by atoms with E-state index in [1.807, 2.05) is 0 Å². The highest BCUT2D eigenvalue weighted by Crippen LogP contribution is 2.31. The van der Waals surface area contributed by atoms with Crippen molar-refractivity contribution in [3.8, 4) is 0 Å². The summed E-state index contributed by atoms with van der Waals surface area (Å²) in [6.07, 6.45) is -6.32. The first kappa shape index (κ1) is 13.3. The second kappa shape index (κ2) is 4.50. The summed E-state index contributed by atoms with van der Waals surface area (Å²) in [4.78, 5) is 20.6. The monoisotopic (exact) mass is 276 g/mol. The lowest BCUT2D eigenvalue weighted by atomic mass is 10.1. The first-order valence-electron chi connectivity index (χ1n) is 5.07. The highest BCUT2D eigenvalue weighted by Gasteiger charge is 2.43. The summed E-state index contributed by atoms with van der Waals surface area (Å²) in [6, 6.07) is 3.63. The molecule has 6 nitrogen and oxygen atoms in total. The van der Waals surface area contributed by atoms with Crippen molar-refractivity contribution in [2.45, 2.75) is 18.9 Å². The number of benzene rings is 1. The zero-order chi connectivity index (χ0) is 14.2. The van der Waals surface area contributed by atoms with Crippen LogP contribution in [0.25, 0.3) is 0 Å². The lowest BCUT2D eigenvalue weighted by Gasteiger charge is -2.14. The van der Waals surface area contributed by atoms with Gasteiger partial charge in [0.05, 0.1) is 4.92 Å². The average Bonchev–Trinajstić information content (AvgIpc) is 2.70. The molecule has 1 aliphatic rings. The van der Waals surface area contributed by atoms with Crippen LogP contribution in [-0.2, 0) is 16.1 Å². The van der Waals surface area contributed by atoms with Crippen molar-refractivity contribution in [3.63, 3.8) is 0 Å². The topological polar surface area (TPSA) is 81.5 Å². The van der Waals surface area contributed by atoms with E-state index >= 15 is 0 Å². The number of hydrogen-bond donors (Lipinski definition) is 1. The van der Waals surface area contributed by atoms with Crippen molar-refractivity contribution in [2.75, 3.05) is 0 Å². The molecular formula is C10H7F3N2O4. The Kier molecular flexibility index (Phi) is 3.14. The Morgan fingerprint density at radius 3 is 2.74 bits per heavy atom. The molecule has 1 aliphatic heterocycles. The van der Waals surface area contributed by atoms with Gasteiger partial charge in [-0.1, -0.05) is 0 Å². The number of nitro benzene ring substituents is 1. The predicted octanol–water partition coefficient (Wildman–Crippen LogP) is 1.80. The highest BCUT2D eigenvalue weighted by molar-refractivity contribution is 5.76. The van der Waals surface area contributed by atoms with Crippen molar-refractivity contribution in [1.82, 2.24) is 5.32 Å². The number of carbonyl (C=O) groups excluding carboxylic acids is 1. The summed E-state index contributed by atoms with van der Waals surface area (Å²) in [7, 11) is 0. The van der Waals surface area contributed by atoms with Crippen LogP contribution in [0.4, 0.5) is 18.9 Å². The molecule has 0 amide bonds. The Morgan fingerprint density at radius 1 is 1.47 bits per heavy atom. The number of hydrogen-bond acceptors (Lipinski definition) is 5. The van der Waals surface area contributed by atoms with Crippen LogP contribution in [0.5, 0.6) is 0 Å². The number of nitrogens with one attached hydrogen (secondary N) is 1. The molecule has 102 valence electrons. The molecule has 0 radical (unpaired) electrons. The number of nitro groups is 1. The fraction of sp³-hybridized carbons (Fsp3) is 0.300. The van der Waals surface area contributed by atoms with Crippen LogP contribution in [0.15, 0.2) is 18.2 Å². The number of ether oxygens (including phenoxy) is 1. The zero-order valence-electron chi connectivity index (χ0n) is 9.23. The van der Waals surface area contributed by atoms with E-state index < -0.39 is 23.3 Å². The molecular weight excluding hydrogens is 269 g/mol. The minimum absolute atomic E-state index is 0.0901. The van der Waals surface area contributed by atoms with Crippen molar-refractivity contribution in [1.29, 1.82) is 0 Å². The maximum Gasteiger partial charge on any atom is 0.490 e. The molecule has 0 fully saturated rings. The maximum atomic E-state index is 12.1. The van der Waals surface area contributed by atoms with E-state index in [4.69, 9.17) is 0 Å². The van der Waals surface area contributed by atoms with E-state index in [-0.39, 0.29) is 17.8 Å². The van der Waals surface area contributed by atoms with Crippen LogP contribution < -0.4 is 5.32 Å². The van der Waals surface area contributed by atoms with Gasteiger partial charge in [0.25, 0.3) is 5.69 Å². The predicted molar refractivity (Wildman–Crippen MR) is 54.8 cm³/mol. The minimum Gasteiger partial charge on any atom is -0.436 e. The Hall–Kier alpha value is -2.16. The van der Waals surface area contributed by atoms with E-state index in [2.05, 4.69) is 10.1 Å². The molecule has 0 saturated heterocycles. The number of carbonyl (C=O) groups is 1. The van der Waals surface area contributed by atoms with E-state index in [1.165, 1.54) is 12.1 Å². The molecule has 19 heavy (non-hydrogen) atoms. The van der Waals surface area contributed by atoms with Gasteiger partial charge in [-0.3, -0.25) is 15.4 Å². The normalized spacial score (nSPS) is 17.9. The smallest absolute Gasteiger partial charge is 0.436 e. The van der Waals surface area contributed by atoms with Gasteiger partial charge in [-0.25, -0.2) is 4.79 Å². The fourth-order valence-corrected chi connectivity index (χ4v) is 1.71. The van der Waals surface area contributed by atoms with E-state index in [0.717, 1.165) is 6.07 Å². The van der Waals surface area contributed by atoms with Gasteiger partial charge >= 0.3 is 12.1 Å². The number of nitrogens with zero attached hydrogens (tertiary/aromatic N) is 1. The number of esters is 1. The molecule has 0 bridgehead atoms. The van der Waals surface area contributed by atoms with Crippen LogP contribution in [0.2, 0.25) is 0 Å². The molecule has 1 aromatic carbocycles. The largest absolute Gasteiger partial charge is 0.490 e. The van der Waals surface area contributed by atoms with Gasteiger partial charge < -0.3 is 4.74 Å². The Balaban J connectivity index is 2.19. The van der Waals surface area contributed by atoms with E-state index in [1.54, 1.807) is 0 Å². The fourth-order valence-electron chi connectivity index (χ4n) is 1.71. The summed E-state index contributed by atoms with van der Waals surface area (Å²) in [5.74, 6) is -2.31. The number of fused-ring (bicyclic) bond motifs is 1. The Labute approximate surface area is 104 Å². The average molecular weight is 276 g/mol. The lowest BCUT2D eigenvalue weighted by molar-refractivity contribution is -0.384. The third-order valence-electron chi connectivity index (χ3n) is 2.55. The van der Waals surface area contributed by atoms with Crippen LogP contribution in [0.3, 0.4) is 0 Å². The van der Waals surface area contributed by atoms with Crippen LogP contribution in [0.1, 0.15) is 17.4 Å². The molecule has 0 aliphatic carbocycles. The number of alkyl halides is 3. The van der Waals surface area contributed by atoms with Crippen molar-refractivity contribution >= 4 is 11.7 Å². The first-order valence-corrected chi connectivity index (χ1v) is 5.07. The summed E-state index contributed by atoms with van der Waals surface area (Å²) in [5.41, 5.74) is 0.528. The molecule has 2 rings (SSSR count). The van der Waals surface area contributed by atoms with Gasteiger partial charge in [-0.15, -0.1) is 0 Å². The summed E-state index contributed by atoms with van der Waals surface area (Å²) < 4.78 is 40.4. The zero-order valence-corrected chi connectivity index (χ0v) is 9.23. The molecule has 0 aromatic heterocycles. The van der Waals surface area contributed by atoms with Gasteiger partial charge in [-0.2, -0.15) is 13.2 Å². The van der Waals surface area contributed by atoms with Crippen LogP contribution in [0, 0.1) is 10.1 Å². The second-order valence-corrected chi connectivity index (χ2v) is 3.80. The second-order valence-electron chi connectivity index (χ2n) is 3.80. The Bertz CT molecular complexity index is 544. The van der Waals surface area contributed by atoms with Gasteiger partial charge in [0, 0.05) is 24.2 Å². The summed E-state index contributed by atoms with van der Waals surface area (Å²) in [5, 5.41) is 13.1. The highest BCUT2D eigenvalue weighted by atomic mass is 19.4. The number of rotatable bonds is 2.